The standard InChI is InChI=1S/C15H27N5OS.HI/c1-12-9-17-13(22-12)10-18-14(16-4)19-11-15(2,3)20-5-7-21-8-6-20;/h9H,5-8,10-11H2,1-4H3,(H2,16,18,19);1H. The summed E-state index contributed by atoms with van der Waals surface area (Å²) >= 11 is 1.71. The minimum atomic E-state index is 0. The summed E-state index contributed by atoms with van der Waals surface area (Å²) in [5.41, 5.74) is 0.0686. The molecule has 0 aromatic carbocycles. The first-order valence-electron chi connectivity index (χ1n) is 7.70. The molecule has 2 rings (SSSR count). The van der Waals surface area contributed by atoms with E-state index in [1.807, 2.05) is 6.20 Å². The summed E-state index contributed by atoms with van der Waals surface area (Å²) < 4.78 is 5.43. The second kappa shape index (κ2) is 9.75. The predicted molar refractivity (Wildman–Crippen MR) is 107 cm³/mol. The van der Waals surface area contributed by atoms with Crippen LogP contribution in [0.25, 0.3) is 0 Å². The van der Waals surface area contributed by atoms with Crippen molar-refractivity contribution in [3.05, 3.63) is 16.1 Å². The van der Waals surface area contributed by atoms with Gasteiger partial charge < -0.3 is 15.4 Å². The molecular weight excluding hydrogens is 425 g/mol. The van der Waals surface area contributed by atoms with Crippen LogP contribution in [0.4, 0.5) is 0 Å². The molecule has 6 nitrogen and oxygen atoms in total. The van der Waals surface area contributed by atoms with Gasteiger partial charge in [0.15, 0.2) is 5.96 Å². The van der Waals surface area contributed by atoms with Gasteiger partial charge in [0.25, 0.3) is 0 Å². The van der Waals surface area contributed by atoms with Gasteiger partial charge in [-0.25, -0.2) is 4.98 Å². The van der Waals surface area contributed by atoms with Gasteiger partial charge in [0.1, 0.15) is 5.01 Å². The number of nitrogens with zero attached hydrogens (tertiary/aromatic N) is 3. The SMILES string of the molecule is CN=C(NCc1ncc(C)s1)NCC(C)(C)N1CCOCC1.I. The third kappa shape index (κ3) is 6.52. The van der Waals surface area contributed by atoms with Crippen LogP contribution in [0, 0.1) is 6.92 Å². The summed E-state index contributed by atoms with van der Waals surface area (Å²) in [6, 6.07) is 0. The number of morpholine rings is 1. The average molecular weight is 453 g/mol. The minimum Gasteiger partial charge on any atom is -0.379 e. The number of aliphatic imine (C=N–C) groups is 1. The first kappa shape index (κ1) is 20.6. The van der Waals surface area contributed by atoms with Gasteiger partial charge in [-0.15, -0.1) is 35.3 Å². The van der Waals surface area contributed by atoms with E-state index in [4.69, 9.17) is 4.74 Å². The Hall–Kier alpha value is -0.450. The molecular formula is C15H28IN5OS. The van der Waals surface area contributed by atoms with Crippen LogP contribution < -0.4 is 10.6 Å². The van der Waals surface area contributed by atoms with Gasteiger partial charge in [-0.1, -0.05) is 0 Å². The highest BCUT2D eigenvalue weighted by Gasteiger charge is 2.28. The summed E-state index contributed by atoms with van der Waals surface area (Å²) in [6.45, 7) is 11.7. The topological polar surface area (TPSA) is 61.8 Å². The number of guanidine groups is 1. The van der Waals surface area contributed by atoms with Gasteiger partial charge in [-0.2, -0.15) is 0 Å². The summed E-state index contributed by atoms with van der Waals surface area (Å²) in [4.78, 5) is 12.3. The lowest BCUT2D eigenvalue weighted by molar-refractivity contribution is -0.00834. The Bertz CT molecular complexity index is 500. The molecule has 0 radical (unpaired) electrons. The van der Waals surface area contributed by atoms with Gasteiger partial charge in [-0.05, 0) is 20.8 Å². The molecule has 1 aliphatic heterocycles. The Balaban J connectivity index is 0.00000264. The van der Waals surface area contributed by atoms with Crippen LogP contribution in [0.1, 0.15) is 23.7 Å². The van der Waals surface area contributed by atoms with Crippen LogP contribution in [0.15, 0.2) is 11.2 Å². The van der Waals surface area contributed by atoms with Crippen LogP contribution in [-0.2, 0) is 11.3 Å². The quantitative estimate of drug-likeness (QED) is 0.405. The van der Waals surface area contributed by atoms with Crippen LogP contribution in [0.3, 0.4) is 0 Å². The second-order valence-corrected chi connectivity index (χ2v) is 7.38. The third-order valence-electron chi connectivity index (χ3n) is 3.86. The number of hydrogen-bond acceptors (Lipinski definition) is 5. The van der Waals surface area contributed by atoms with Crippen molar-refractivity contribution in [2.75, 3.05) is 39.9 Å². The average Bonchev–Trinajstić information content (AvgIpc) is 2.94. The van der Waals surface area contributed by atoms with E-state index >= 15 is 0 Å². The number of nitrogens with one attached hydrogen (secondary N) is 2. The van der Waals surface area contributed by atoms with Gasteiger partial charge in [-0.3, -0.25) is 9.89 Å². The minimum absolute atomic E-state index is 0. The molecule has 0 atom stereocenters. The zero-order valence-electron chi connectivity index (χ0n) is 14.4. The third-order valence-corrected chi connectivity index (χ3v) is 4.77. The number of aromatic nitrogens is 1. The van der Waals surface area contributed by atoms with E-state index in [-0.39, 0.29) is 29.5 Å². The predicted octanol–water partition coefficient (Wildman–Crippen LogP) is 1.85. The highest BCUT2D eigenvalue weighted by atomic mass is 127. The lowest BCUT2D eigenvalue weighted by Crippen LogP contribution is -2.56. The monoisotopic (exact) mass is 453 g/mol. The van der Waals surface area contributed by atoms with E-state index in [0.717, 1.165) is 43.8 Å². The van der Waals surface area contributed by atoms with Gasteiger partial charge >= 0.3 is 0 Å². The smallest absolute Gasteiger partial charge is 0.191 e. The van der Waals surface area contributed by atoms with Crippen molar-refractivity contribution < 1.29 is 4.74 Å². The molecule has 2 heterocycles. The maximum atomic E-state index is 5.43. The van der Waals surface area contributed by atoms with Crippen LogP contribution in [-0.4, -0.2) is 61.3 Å². The Morgan fingerprint density at radius 2 is 2.09 bits per heavy atom. The fourth-order valence-electron chi connectivity index (χ4n) is 2.44. The fraction of sp³-hybridized carbons (Fsp3) is 0.733. The molecule has 1 aromatic rings. The zero-order chi connectivity index (χ0) is 16.0. The number of halogens is 1. The molecule has 0 saturated carbocycles. The maximum Gasteiger partial charge on any atom is 0.191 e. The van der Waals surface area contributed by atoms with Crippen molar-refractivity contribution in [2.24, 2.45) is 4.99 Å². The highest BCUT2D eigenvalue weighted by Crippen LogP contribution is 2.15. The summed E-state index contributed by atoms with van der Waals surface area (Å²) in [5.74, 6) is 0.814. The number of aryl methyl sites for hydroxylation is 1. The first-order valence-corrected chi connectivity index (χ1v) is 8.51. The molecule has 0 amide bonds. The molecule has 0 bridgehead atoms. The maximum absolute atomic E-state index is 5.43. The molecule has 1 saturated heterocycles. The highest BCUT2D eigenvalue weighted by molar-refractivity contribution is 14.0. The summed E-state index contributed by atoms with van der Waals surface area (Å²) in [6.07, 6.45) is 1.90. The molecule has 1 aromatic heterocycles. The van der Waals surface area contributed by atoms with E-state index < -0.39 is 0 Å². The summed E-state index contributed by atoms with van der Waals surface area (Å²) in [5, 5.41) is 7.81. The summed E-state index contributed by atoms with van der Waals surface area (Å²) in [7, 11) is 1.80. The largest absolute Gasteiger partial charge is 0.379 e. The van der Waals surface area contributed by atoms with E-state index in [1.54, 1.807) is 18.4 Å². The molecule has 0 spiro atoms. The lowest BCUT2D eigenvalue weighted by atomic mass is 10.0. The number of rotatable bonds is 5. The van der Waals surface area contributed by atoms with Crippen LogP contribution in [0.5, 0.6) is 0 Å². The van der Waals surface area contributed by atoms with E-state index in [9.17, 15) is 0 Å². The normalized spacial score (nSPS) is 16.8. The molecule has 0 aliphatic carbocycles. The molecule has 23 heavy (non-hydrogen) atoms. The Labute approximate surface area is 160 Å². The van der Waals surface area contributed by atoms with E-state index in [2.05, 4.69) is 46.3 Å². The Morgan fingerprint density at radius 1 is 1.39 bits per heavy atom. The van der Waals surface area contributed by atoms with E-state index in [0.29, 0.717) is 6.54 Å². The molecule has 2 N–H and O–H groups in total. The molecule has 8 heteroatoms. The number of ether oxygens (including phenoxy) is 1. The fourth-order valence-corrected chi connectivity index (χ4v) is 3.17. The van der Waals surface area contributed by atoms with Crippen molar-refractivity contribution >= 4 is 41.3 Å². The molecule has 0 unspecified atom stereocenters. The van der Waals surface area contributed by atoms with Gasteiger partial charge in [0, 0.05) is 43.3 Å². The van der Waals surface area contributed by atoms with E-state index in [1.165, 1.54) is 4.88 Å². The van der Waals surface area contributed by atoms with Gasteiger partial charge in [0.2, 0.25) is 0 Å². The zero-order valence-corrected chi connectivity index (χ0v) is 17.5. The Kier molecular flexibility index (Phi) is 8.73. The molecule has 1 aliphatic rings. The van der Waals surface area contributed by atoms with Crippen molar-refractivity contribution in [3.8, 4) is 0 Å². The van der Waals surface area contributed by atoms with Crippen LogP contribution >= 0.6 is 35.3 Å². The molecule has 1 fully saturated rings. The van der Waals surface area contributed by atoms with Crippen molar-refractivity contribution in [1.29, 1.82) is 0 Å². The van der Waals surface area contributed by atoms with Crippen molar-refractivity contribution in [2.45, 2.75) is 32.9 Å². The number of thiazole rings is 1. The molecule has 132 valence electrons. The van der Waals surface area contributed by atoms with Crippen molar-refractivity contribution in [3.63, 3.8) is 0 Å². The first-order chi connectivity index (χ1) is 10.5. The van der Waals surface area contributed by atoms with Crippen molar-refractivity contribution in [1.82, 2.24) is 20.5 Å². The Morgan fingerprint density at radius 3 is 2.65 bits per heavy atom. The van der Waals surface area contributed by atoms with Gasteiger partial charge in [0.05, 0.1) is 19.8 Å². The number of hydrogen-bond donors (Lipinski definition) is 2. The lowest BCUT2D eigenvalue weighted by Gasteiger charge is -2.41. The second-order valence-electron chi connectivity index (χ2n) is 6.06. The van der Waals surface area contributed by atoms with Crippen LogP contribution in [0.2, 0.25) is 0 Å².